The average molecular weight is 455 g/mol. The van der Waals surface area contributed by atoms with E-state index < -0.39 is 6.04 Å². The summed E-state index contributed by atoms with van der Waals surface area (Å²) in [5.74, 6) is 0.481. The molecular formula is C24H26N2O3S2. The van der Waals surface area contributed by atoms with E-state index in [0.29, 0.717) is 11.4 Å². The average Bonchev–Trinajstić information content (AvgIpc) is 3.55. The van der Waals surface area contributed by atoms with E-state index in [0.717, 1.165) is 35.4 Å². The highest BCUT2D eigenvalue weighted by atomic mass is 32.1. The molecule has 1 atom stereocenters. The van der Waals surface area contributed by atoms with E-state index in [9.17, 15) is 9.59 Å². The van der Waals surface area contributed by atoms with Gasteiger partial charge in [-0.2, -0.15) is 0 Å². The zero-order valence-electron chi connectivity index (χ0n) is 17.5. The van der Waals surface area contributed by atoms with E-state index in [1.165, 1.54) is 11.3 Å². The fourth-order valence-corrected chi connectivity index (χ4v) is 5.51. The predicted octanol–water partition coefficient (Wildman–Crippen LogP) is 5.19. The number of benzene rings is 1. The van der Waals surface area contributed by atoms with Gasteiger partial charge in [0.2, 0.25) is 11.8 Å². The monoisotopic (exact) mass is 454 g/mol. The number of amides is 2. The Morgan fingerprint density at radius 1 is 1.06 bits per heavy atom. The fourth-order valence-electron chi connectivity index (χ4n) is 4.00. The number of carbonyl (C=O) groups excluding carboxylic acids is 2. The number of carbonyl (C=O) groups is 2. The Morgan fingerprint density at radius 2 is 1.77 bits per heavy atom. The molecule has 2 amide bonds. The Labute approximate surface area is 190 Å². The third-order valence-electron chi connectivity index (χ3n) is 5.55. The van der Waals surface area contributed by atoms with Crippen LogP contribution in [0.25, 0.3) is 0 Å². The minimum absolute atomic E-state index is 0.104. The maximum Gasteiger partial charge on any atom is 0.248 e. The lowest BCUT2D eigenvalue weighted by Gasteiger charge is -2.31. The highest BCUT2D eigenvalue weighted by molar-refractivity contribution is 7.10. The van der Waals surface area contributed by atoms with Crippen LogP contribution in [0.3, 0.4) is 0 Å². The van der Waals surface area contributed by atoms with E-state index >= 15 is 0 Å². The molecule has 1 N–H and O–H groups in total. The number of nitrogens with one attached hydrogen (secondary N) is 1. The minimum atomic E-state index is -0.707. The van der Waals surface area contributed by atoms with E-state index in [-0.39, 0.29) is 24.3 Å². The summed E-state index contributed by atoms with van der Waals surface area (Å²) in [6, 6.07) is 14.5. The molecule has 1 fully saturated rings. The molecule has 3 aromatic rings. The first kappa shape index (κ1) is 21.6. The largest absolute Gasteiger partial charge is 0.497 e. The lowest BCUT2D eigenvalue weighted by atomic mass is 10.1. The number of hydrogen-bond acceptors (Lipinski definition) is 5. The van der Waals surface area contributed by atoms with Crippen molar-refractivity contribution in [3.8, 4) is 5.75 Å². The van der Waals surface area contributed by atoms with Crippen LogP contribution in [-0.4, -0.2) is 25.0 Å². The van der Waals surface area contributed by atoms with Gasteiger partial charge in [-0.3, -0.25) is 14.5 Å². The van der Waals surface area contributed by atoms with E-state index in [1.54, 1.807) is 23.3 Å². The predicted molar refractivity (Wildman–Crippen MR) is 126 cm³/mol. The van der Waals surface area contributed by atoms with Gasteiger partial charge < -0.3 is 10.1 Å². The van der Waals surface area contributed by atoms with Gasteiger partial charge in [-0.25, -0.2) is 0 Å². The maximum absolute atomic E-state index is 13.6. The Balaban J connectivity index is 1.70. The number of anilines is 1. The second kappa shape index (κ2) is 10.1. The first-order valence-electron chi connectivity index (χ1n) is 10.5. The van der Waals surface area contributed by atoms with Crippen LogP contribution in [0.1, 0.15) is 41.5 Å². The molecule has 0 unspecified atom stereocenters. The van der Waals surface area contributed by atoms with Crippen molar-refractivity contribution in [2.24, 2.45) is 0 Å². The van der Waals surface area contributed by atoms with Crippen LogP contribution >= 0.6 is 22.7 Å². The quantitative estimate of drug-likeness (QED) is 0.509. The van der Waals surface area contributed by atoms with Gasteiger partial charge in [0.15, 0.2) is 0 Å². The van der Waals surface area contributed by atoms with Crippen LogP contribution in [0.15, 0.2) is 59.3 Å². The normalized spacial score (nSPS) is 14.9. The zero-order valence-corrected chi connectivity index (χ0v) is 19.1. The summed E-state index contributed by atoms with van der Waals surface area (Å²) in [6.45, 7) is 0. The Morgan fingerprint density at radius 3 is 2.39 bits per heavy atom. The van der Waals surface area contributed by atoms with E-state index in [1.807, 2.05) is 59.3 Å². The molecule has 1 aliphatic carbocycles. The molecule has 5 nitrogen and oxygen atoms in total. The summed E-state index contributed by atoms with van der Waals surface area (Å²) in [5, 5.41) is 7.11. The van der Waals surface area contributed by atoms with Crippen molar-refractivity contribution < 1.29 is 14.3 Å². The SMILES string of the molecule is COc1ccc(N(C(=O)Cc2cccs2)[C@H](C(=O)NC2CCCC2)c2cccs2)cc1. The number of rotatable bonds is 8. The second-order valence-corrected chi connectivity index (χ2v) is 9.64. The molecular weight excluding hydrogens is 428 g/mol. The molecule has 2 heterocycles. The molecule has 31 heavy (non-hydrogen) atoms. The molecule has 4 rings (SSSR count). The summed E-state index contributed by atoms with van der Waals surface area (Å²) in [4.78, 5) is 30.6. The third-order valence-corrected chi connectivity index (χ3v) is 7.35. The van der Waals surface area contributed by atoms with Gasteiger partial charge in [0, 0.05) is 21.5 Å². The summed E-state index contributed by atoms with van der Waals surface area (Å²) in [7, 11) is 1.61. The van der Waals surface area contributed by atoms with Gasteiger partial charge in [0.25, 0.3) is 0 Å². The topological polar surface area (TPSA) is 58.6 Å². The van der Waals surface area contributed by atoms with Crippen LogP contribution in [-0.2, 0) is 16.0 Å². The molecule has 1 saturated carbocycles. The first-order valence-corrected chi connectivity index (χ1v) is 12.2. The second-order valence-electron chi connectivity index (χ2n) is 7.63. The van der Waals surface area contributed by atoms with Crippen molar-refractivity contribution in [1.29, 1.82) is 0 Å². The Bertz CT molecular complexity index is 979. The molecule has 0 radical (unpaired) electrons. The molecule has 2 aromatic heterocycles. The molecule has 1 aromatic carbocycles. The lowest BCUT2D eigenvalue weighted by Crippen LogP contribution is -2.46. The summed E-state index contributed by atoms with van der Waals surface area (Å²) >= 11 is 3.04. The van der Waals surface area contributed by atoms with Crippen molar-refractivity contribution in [2.75, 3.05) is 12.0 Å². The summed E-state index contributed by atoms with van der Waals surface area (Å²) < 4.78 is 5.28. The van der Waals surface area contributed by atoms with Crippen molar-refractivity contribution in [3.05, 3.63) is 69.0 Å². The van der Waals surface area contributed by atoms with Crippen LogP contribution < -0.4 is 15.0 Å². The molecule has 0 bridgehead atoms. The van der Waals surface area contributed by atoms with Gasteiger partial charge in [0.05, 0.1) is 13.5 Å². The maximum atomic E-state index is 13.6. The van der Waals surface area contributed by atoms with E-state index in [4.69, 9.17) is 4.74 Å². The van der Waals surface area contributed by atoms with E-state index in [2.05, 4.69) is 5.32 Å². The Hall–Kier alpha value is -2.64. The minimum Gasteiger partial charge on any atom is -0.497 e. The smallest absolute Gasteiger partial charge is 0.248 e. The zero-order chi connectivity index (χ0) is 21.6. The van der Waals surface area contributed by atoms with Crippen molar-refractivity contribution in [2.45, 2.75) is 44.2 Å². The number of methoxy groups -OCH3 is 1. The summed E-state index contributed by atoms with van der Waals surface area (Å²) in [6.07, 6.45) is 4.51. The highest BCUT2D eigenvalue weighted by Gasteiger charge is 2.35. The molecule has 0 spiro atoms. The number of thiophene rings is 2. The molecule has 0 aliphatic heterocycles. The van der Waals surface area contributed by atoms with Gasteiger partial charge in [-0.1, -0.05) is 25.0 Å². The standard InChI is InChI=1S/C24H26N2O3S2/c1-29-19-12-10-18(11-13-19)26(22(27)16-20-8-4-14-30-20)23(21-9-5-15-31-21)24(28)25-17-6-2-3-7-17/h4-5,8-15,17,23H,2-3,6-7,16H2,1H3,(H,25,28)/t23-/m0/s1. The fraction of sp³-hybridized carbons (Fsp3) is 0.333. The first-order chi connectivity index (χ1) is 15.2. The molecule has 7 heteroatoms. The lowest BCUT2D eigenvalue weighted by molar-refractivity contribution is -0.126. The molecule has 162 valence electrons. The van der Waals surface area contributed by atoms with Gasteiger partial charge in [-0.05, 0) is 60.0 Å². The summed E-state index contributed by atoms with van der Waals surface area (Å²) in [5.41, 5.74) is 0.683. The number of hydrogen-bond donors (Lipinski definition) is 1. The van der Waals surface area contributed by atoms with Crippen LogP contribution in [0.5, 0.6) is 5.75 Å². The van der Waals surface area contributed by atoms with Crippen molar-refractivity contribution in [3.63, 3.8) is 0 Å². The Kier molecular flexibility index (Phi) is 7.04. The van der Waals surface area contributed by atoms with Gasteiger partial charge >= 0.3 is 0 Å². The van der Waals surface area contributed by atoms with Crippen molar-refractivity contribution in [1.82, 2.24) is 5.32 Å². The third kappa shape index (κ3) is 5.17. The van der Waals surface area contributed by atoms with Crippen LogP contribution in [0.2, 0.25) is 0 Å². The van der Waals surface area contributed by atoms with Gasteiger partial charge in [0.1, 0.15) is 11.8 Å². The van der Waals surface area contributed by atoms with Crippen LogP contribution in [0.4, 0.5) is 5.69 Å². The van der Waals surface area contributed by atoms with Crippen molar-refractivity contribution >= 4 is 40.2 Å². The number of ether oxygens (including phenoxy) is 1. The molecule has 1 aliphatic rings. The highest BCUT2D eigenvalue weighted by Crippen LogP contribution is 2.33. The number of nitrogens with zero attached hydrogens (tertiary/aromatic N) is 1. The van der Waals surface area contributed by atoms with Gasteiger partial charge in [-0.15, -0.1) is 22.7 Å². The molecule has 0 saturated heterocycles. The van der Waals surface area contributed by atoms with Crippen LogP contribution in [0, 0.1) is 0 Å².